The molecule has 1 aromatic rings. The van der Waals surface area contributed by atoms with Gasteiger partial charge < -0.3 is 0 Å². The molecule has 0 aliphatic carbocycles. The van der Waals surface area contributed by atoms with Gasteiger partial charge in [-0.3, -0.25) is 0 Å². The Balaban J connectivity index is 2.50. The first kappa shape index (κ1) is 7.23. The maximum atomic E-state index is 2.25. The minimum Gasteiger partial charge on any atom is -0.126 e. The first-order valence-electron chi connectivity index (χ1n) is 4.15. The predicted octanol–water partition coefficient (Wildman–Crippen LogP) is 2.90. The highest BCUT2D eigenvalue weighted by Crippen LogP contribution is 2.33. The van der Waals surface area contributed by atoms with Crippen molar-refractivity contribution in [2.75, 3.05) is 5.75 Å². The van der Waals surface area contributed by atoms with Gasteiger partial charge in [-0.2, -0.15) is 0 Å². The van der Waals surface area contributed by atoms with Crippen LogP contribution in [0.15, 0.2) is 23.1 Å². The molecule has 1 heteroatoms. The van der Waals surface area contributed by atoms with Gasteiger partial charge in [0.15, 0.2) is 0 Å². The Morgan fingerprint density at radius 3 is 3.18 bits per heavy atom. The second kappa shape index (κ2) is 2.90. The first-order valence-corrected chi connectivity index (χ1v) is 5.14. The van der Waals surface area contributed by atoms with E-state index in [1.165, 1.54) is 23.5 Å². The van der Waals surface area contributed by atoms with Gasteiger partial charge in [0.1, 0.15) is 0 Å². The maximum Gasteiger partial charge on any atom is 0.0107 e. The molecule has 2 rings (SSSR count). The quantitative estimate of drug-likeness (QED) is 0.615. The molecule has 0 spiro atoms. The second-order valence-electron chi connectivity index (χ2n) is 2.85. The Labute approximate surface area is 72.0 Å². The number of hydrogen-bond donors (Lipinski definition) is 0. The van der Waals surface area contributed by atoms with Gasteiger partial charge in [-0.15, -0.1) is 11.8 Å². The van der Waals surface area contributed by atoms with Crippen LogP contribution in [0.25, 0.3) is 0 Å². The van der Waals surface area contributed by atoms with Crippen molar-refractivity contribution in [2.45, 2.75) is 24.7 Å². The van der Waals surface area contributed by atoms with Crippen LogP contribution in [-0.4, -0.2) is 5.75 Å². The van der Waals surface area contributed by atoms with E-state index in [2.05, 4.69) is 25.1 Å². The fourth-order valence-electron chi connectivity index (χ4n) is 1.62. The van der Waals surface area contributed by atoms with Gasteiger partial charge in [-0.05, 0) is 30.0 Å². The highest BCUT2D eigenvalue weighted by Gasteiger charge is 2.12. The van der Waals surface area contributed by atoms with Crippen LogP contribution in [0.4, 0.5) is 0 Å². The minimum atomic E-state index is 1.18. The Kier molecular flexibility index (Phi) is 1.91. The normalized spacial score (nSPS) is 15.0. The molecule has 1 aliphatic rings. The van der Waals surface area contributed by atoms with Crippen LogP contribution in [0.2, 0.25) is 0 Å². The van der Waals surface area contributed by atoms with E-state index in [1.807, 2.05) is 11.8 Å². The van der Waals surface area contributed by atoms with E-state index in [-0.39, 0.29) is 0 Å². The standard InChI is InChI=1S/C10H12S/c1-2-8-4-3-5-10-9(8)6-7-11-10/h3-5H,2,6-7H2,1H3. The molecule has 1 heterocycles. The lowest BCUT2D eigenvalue weighted by Gasteiger charge is -2.03. The summed E-state index contributed by atoms with van der Waals surface area (Å²) in [6.45, 7) is 2.23. The smallest absolute Gasteiger partial charge is 0.0107 e. The average Bonchev–Trinajstić information content (AvgIpc) is 2.50. The molecule has 0 radical (unpaired) electrons. The lowest BCUT2D eigenvalue weighted by Crippen LogP contribution is -1.89. The molecule has 11 heavy (non-hydrogen) atoms. The molecule has 0 bridgehead atoms. The summed E-state index contributed by atoms with van der Waals surface area (Å²) in [5, 5.41) is 0. The summed E-state index contributed by atoms with van der Waals surface area (Å²) in [4.78, 5) is 1.52. The molecule has 0 unspecified atom stereocenters. The molecule has 0 aromatic heterocycles. The zero-order chi connectivity index (χ0) is 7.68. The van der Waals surface area contributed by atoms with Crippen molar-refractivity contribution in [1.29, 1.82) is 0 Å². The zero-order valence-electron chi connectivity index (χ0n) is 6.76. The lowest BCUT2D eigenvalue weighted by atomic mass is 10.0. The molecule has 0 saturated carbocycles. The fourth-order valence-corrected chi connectivity index (χ4v) is 2.73. The van der Waals surface area contributed by atoms with Crippen molar-refractivity contribution in [3.63, 3.8) is 0 Å². The number of hydrogen-bond acceptors (Lipinski definition) is 1. The van der Waals surface area contributed by atoms with E-state index in [0.717, 1.165) is 0 Å². The molecule has 58 valence electrons. The van der Waals surface area contributed by atoms with E-state index in [4.69, 9.17) is 0 Å². The zero-order valence-corrected chi connectivity index (χ0v) is 7.58. The largest absolute Gasteiger partial charge is 0.126 e. The van der Waals surface area contributed by atoms with Crippen LogP contribution >= 0.6 is 11.8 Å². The number of aryl methyl sites for hydroxylation is 1. The molecule has 0 nitrogen and oxygen atoms in total. The van der Waals surface area contributed by atoms with Crippen molar-refractivity contribution >= 4 is 11.8 Å². The van der Waals surface area contributed by atoms with E-state index in [0.29, 0.717) is 0 Å². The Bertz CT molecular complexity index is 266. The molecule has 0 amide bonds. The van der Waals surface area contributed by atoms with Crippen LogP contribution in [0, 0.1) is 0 Å². The van der Waals surface area contributed by atoms with Crippen LogP contribution in [0.1, 0.15) is 18.1 Å². The number of thioether (sulfide) groups is 1. The van der Waals surface area contributed by atoms with Gasteiger partial charge in [-0.1, -0.05) is 19.1 Å². The van der Waals surface area contributed by atoms with E-state index in [1.54, 1.807) is 11.1 Å². The van der Waals surface area contributed by atoms with Crippen molar-refractivity contribution in [2.24, 2.45) is 0 Å². The van der Waals surface area contributed by atoms with E-state index in [9.17, 15) is 0 Å². The molecular formula is C10H12S. The third-order valence-electron chi connectivity index (χ3n) is 2.22. The van der Waals surface area contributed by atoms with E-state index < -0.39 is 0 Å². The van der Waals surface area contributed by atoms with Crippen LogP contribution in [0.3, 0.4) is 0 Å². The number of benzene rings is 1. The summed E-state index contributed by atoms with van der Waals surface area (Å²) in [6.07, 6.45) is 2.47. The highest BCUT2D eigenvalue weighted by molar-refractivity contribution is 7.99. The molecule has 0 N–H and O–H groups in total. The molecule has 0 atom stereocenters. The van der Waals surface area contributed by atoms with Crippen molar-refractivity contribution in [1.82, 2.24) is 0 Å². The number of rotatable bonds is 1. The Hall–Kier alpha value is -0.430. The summed E-state index contributed by atoms with van der Waals surface area (Å²) in [5.74, 6) is 1.28. The highest BCUT2D eigenvalue weighted by atomic mass is 32.2. The third-order valence-corrected chi connectivity index (χ3v) is 3.32. The Morgan fingerprint density at radius 2 is 2.36 bits per heavy atom. The third kappa shape index (κ3) is 1.18. The van der Waals surface area contributed by atoms with E-state index >= 15 is 0 Å². The summed E-state index contributed by atoms with van der Waals surface area (Å²) in [6, 6.07) is 6.67. The van der Waals surface area contributed by atoms with Gasteiger partial charge in [0.2, 0.25) is 0 Å². The predicted molar refractivity (Wildman–Crippen MR) is 50.2 cm³/mol. The fraction of sp³-hybridized carbons (Fsp3) is 0.400. The monoisotopic (exact) mass is 164 g/mol. The van der Waals surface area contributed by atoms with Crippen LogP contribution in [-0.2, 0) is 12.8 Å². The molecule has 0 fully saturated rings. The van der Waals surface area contributed by atoms with Crippen molar-refractivity contribution < 1.29 is 0 Å². The second-order valence-corrected chi connectivity index (χ2v) is 3.98. The number of fused-ring (bicyclic) bond motifs is 1. The minimum absolute atomic E-state index is 1.18. The molecular weight excluding hydrogens is 152 g/mol. The van der Waals surface area contributed by atoms with Crippen LogP contribution in [0.5, 0.6) is 0 Å². The summed E-state index contributed by atoms with van der Waals surface area (Å²) in [7, 11) is 0. The molecule has 1 aliphatic heterocycles. The summed E-state index contributed by atoms with van der Waals surface area (Å²) in [5.41, 5.74) is 3.16. The Morgan fingerprint density at radius 1 is 1.45 bits per heavy atom. The first-order chi connectivity index (χ1) is 5.42. The van der Waals surface area contributed by atoms with Crippen LogP contribution < -0.4 is 0 Å². The van der Waals surface area contributed by atoms with Crippen molar-refractivity contribution in [3.8, 4) is 0 Å². The maximum absolute atomic E-state index is 2.25. The van der Waals surface area contributed by atoms with Gasteiger partial charge >= 0.3 is 0 Å². The van der Waals surface area contributed by atoms with Crippen molar-refractivity contribution in [3.05, 3.63) is 29.3 Å². The lowest BCUT2D eigenvalue weighted by molar-refractivity contribution is 1.03. The topological polar surface area (TPSA) is 0 Å². The van der Waals surface area contributed by atoms with Gasteiger partial charge in [0, 0.05) is 10.6 Å². The molecule has 1 aromatic carbocycles. The summed E-state index contributed by atoms with van der Waals surface area (Å²) >= 11 is 2.00. The molecule has 0 saturated heterocycles. The average molecular weight is 164 g/mol. The SMILES string of the molecule is CCc1cccc2c1CCS2. The van der Waals surface area contributed by atoms with Gasteiger partial charge in [0.25, 0.3) is 0 Å². The summed E-state index contributed by atoms with van der Waals surface area (Å²) < 4.78 is 0. The van der Waals surface area contributed by atoms with Gasteiger partial charge in [-0.25, -0.2) is 0 Å². The van der Waals surface area contributed by atoms with Gasteiger partial charge in [0.05, 0.1) is 0 Å².